The van der Waals surface area contributed by atoms with Crippen LogP contribution in [0.5, 0.6) is 0 Å². The molecule has 1 fully saturated rings. The minimum Gasteiger partial charge on any atom is -0.385 e. The molecule has 0 radical (unpaired) electrons. The monoisotopic (exact) mass is 268 g/mol. The molecule has 1 saturated heterocycles. The third-order valence-corrected chi connectivity index (χ3v) is 4.24. The second-order valence-corrected chi connectivity index (χ2v) is 5.44. The summed E-state index contributed by atoms with van der Waals surface area (Å²) >= 11 is 1.79. The van der Waals surface area contributed by atoms with E-state index >= 15 is 0 Å². The van der Waals surface area contributed by atoms with Crippen molar-refractivity contribution in [2.75, 3.05) is 19.5 Å². The van der Waals surface area contributed by atoms with Crippen LogP contribution >= 0.6 is 11.8 Å². The van der Waals surface area contributed by atoms with Gasteiger partial charge in [0.15, 0.2) is 5.17 Å². The van der Waals surface area contributed by atoms with E-state index in [1.54, 1.807) is 18.9 Å². The molecule has 2 rings (SSSR count). The van der Waals surface area contributed by atoms with Crippen molar-refractivity contribution in [3.05, 3.63) is 17.5 Å². The van der Waals surface area contributed by atoms with E-state index in [0.717, 1.165) is 23.9 Å². The van der Waals surface area contributed by atoms with Crippen LogP contribution in [0, 0.1) is 6.92 Å². The number of thioether (sulfide) groups is 1. The molecule has 0 aromatic carbocycles. The number of nitrogens with zero attached hydrogens (tertiary/aromatic N) is 3. The molecule has 5 nitrogen and oxygen atoms in total. The van der Waals surface area contributed by atoms with E-state index in [1.807, 2.05) is 17.9 Å². The van der Waals surface area contributed by atoms with Crippen LogP contribution in [-0.2, 0) is 18.3 Å². The zero-order chi connectivity index (χ0) is 13.0. The fraction of sp³-hybridized carbons (Fsp3) is 0.667. The molecule has 1 aromatic heterocycles. The largest absolute Gasteiger partial charge is 0.385 e. The molecular formula is C12H20N4OS. The van der Waals surface area contributed by atoms with Crippen molar-refractivity contribution in [1.29, 1.82) is 0 Å². The summed E-state index contributed by atoms with van der Waals surface area (Å²) in [7, 11) is 3.69. The summed E-state index contributed by atoms with van der Waals surface area (Å²) in [6.45, 7) is 3.57. The fourth-order valence-electron chi connectivity index (χ4n) is 1.80. The predicted octanol–water partition coefficient (Wildman–Crippen LogP) is 1.33. The van der Waals surface area contributed by atoms with Crippen molar-refractivity contribution in [1.82, 2.24) is 15.1 Å². The third-order valence-electron chi connectivity index (χ3n) is 3.15. The second-order valence-electron chi connectivity index (χ2n) is 4.43. The van der Waals surface area contributed by atoms with E-state index in [2.05, 4.69) is 22.3 Å². The van der Waals surface area contributed by atoms with Crippen molar-refractivity contribution in [3.63, 3.8) is 0 Å². The van der Waals surface area contributed by atoms with E-state index in [1.165, 1.54) is 11.3 Å². The van der Waals surface area contributed by atoms with Crippen molar-refractivity contribution in [2.45, 2.75) is 25.9 Å². The van der Waals surface area contributed by atoms with Crippen LogP contribution in [0.4, 0.5) is 0 Å². The molecule has 2 heterocycles. The van der Waals surface area contributed by atoms with E-state index in [0.29, 0.717) is 12.6 Å². The van der Waals surface area contributed by atoms with Crippen molar-refractivity contribution < 1.29 is 4.74 Å². The maximum absolute atomic E-state index is 5.09. The van der Waals surface area contributed by atoms with Crippen LogP contribution in [0.3, 0.4) is 0 Å². The van der Waals surface area contributed by atoms with Crippen LogP contribution in [-0.4, -0.2) is 40.5 Å². The molecule has 1 N–H and O–H groups in total. The Hall–Kier alpha value is -1.01. The number of aryl methyl sites for hydroxylation is 1. The van der Waals surface area contributed by atoms with Gasteiger partial charge in [0.05, 0.1) is 12.7 Å². The van der Waals surface area contributed by atoms with Gasteiger partial charge in [-0.2, -0.15) is 5.10 Å². The average Bonchev–Trinajstić information content (AvgIpc) is 2.94. The van der Waals surface area contributed by atoms with Crippen molar-refractivity contribution >= 4 is 16.9 Å². The molecule has 0 amide bonds. The lowest BCUT2D eigenvalue weighted by atomic mass is 10.2. The standard InChI is InChI=1S/C12H20N4OS/c1-9-10(7-14-16(9)2)6-13-12-15-11(8-18-12)4-5-17-3/h7,11H,4-6,8H2,1-3H3,(H,13,15). The number of ether oxygens (including phenoxy) is 1. The highest BCUT2D eigenvalue weighted by Gasteiger charge is 2.19. The zero-order valence-corrected chi connectivity index (χ0v) is 12.0. The molecule has 1 unspecified atom stereocenters. The summed E-state index contributed by atoms with van der Waals surface area (Å²) in [5, 5.41) is 8.69. The van der Waals surface area contributed by atoms with Crippen LogP contribution < -0.4 is 5.32 Å². The molecular weight excluding hydrogens is 248 g/mol. The van der Waals surface area contributed by atoms with E-state index in [-0.39, 0.29) is 0 Å². The van der Waals surface area contributed by atoms with Gasteiger partial charge in [-0.05, 0) is 13.3 Å². The highest BCUT2D eigenvalue weighted by Crippen LogP contribution is 2.17. The molecule has 1 aliphatic rings. The number of aromatic nitrogens is 2. The minimum absolute atomic E-state index is 0.490. The van der Waals surface area contributed by atoms with Gasteiger partial charge in [0.25, 0.3) is 0 Å². The lowest BCUT2D eigenvalue weighted by Crippen LogP contribution is -2.28. The number of aliphatic imine (C=N–C) groups is 1. The van der Waals surface area contributed by atoms with Gasteiger partial charge in [0, 0.05) is 43.8 Å². The molecule has 18 heavy (non-hydrogen) atoms. The summed E-state index contributed by atoms with van der Waals surface area (Å²) in [4.78, 5) is 4.60. The Kier molecular flexibility index (Phi) is 4.66. The predicted molar refractivity (Wildman–Crippen MR) is 75.0 cm³/mol. The number of amidine groups is 1. The summed E-state index contributed by atoms with van der Waals surface area (Å²) in [6, 6.07) is 0.490. The second kappa shape index (κ2) is 6.24. The first-order valence-electron chi connectivity index (χ1n) is 6.11. The molecule has 1 aliphatic heterocycles. The topological polar surface area (TPSA) is 51.4 Å². The number of nitrogens with one attached hydrogen (secondary N) is 1. The van der Waals surface area contributed by atoms with Gasteiger partial charge in [0.2, 0.25) is 0 Å². The van der Waals surface area contributed by atoms with Crippen molar-refractivity contribution in [3.8, 4) is 0 Å². The molecule has 0 saturated carbocycles. The van der Waals surface area contributed by atoms with E-state index in [9.17, 15) is 0 Å². The maximum atomic E-state index is 5.09. The van der Waals surface area contributed by atoms with Gasteiger partial charge < -0.3 is 10.1 Å². The van der Waals surface area contributed by atoms with Crippen LogP contribution in [0.25, 0.3) is 0 Å². The van der Waals surface area contributed by atoms with Crippen LogP contribution in [0.1, 0.15) is 17.7 Å². The summed E-state index contributed by atoms with van der Waals surface area (Å²) in [5.74, 6) is 1.08. The van der Waals surface area contributed by atoms with Gasteiger partial charge >= 0.3 is 0 Å². The zero-order valence-electron chi connectivity index (χ0n) is 11.1. The lowest BCUT2D eigenvalue weighted by molar-refractivity contribution is 0.188. The highest BCUT2D eigenvalue weighted by molar-refractivity contribution is 8.14. The van der Waals surface area contributed by atoms with Crippen molar-refractivity contribution in [2.24, 2.45) is 12.0 Å². The van der Waals surface area contributed by atoms with Gasteiger partial charge in [-0.3, -0.25) is 9.67 Å². The molecule has 6 heteroatoms. The molecule has 1 aromatic rings. The first-order chi connectivity index (χ1) is 8.70. The molecule has 0 bridgehead atoms. The first-order valence-corrected chi connectivity index (χ1v) is 7.09. The number of hydrogen-bond donors (Lipinski definition) is 1. The van der Waals surface area contributed by atoms with Crippen LogP contribution in [0.2, 0.25) is 0 Å². The van der Waals surface area contributed by atoms with Gasteiger partial charge in [0.1, 0.15) is 0 Å². The normalized spacial score (nSPS) is 21.5. The summed E-state index contributed by atoms with van der Waals surface area (Å²) < 4.78 is 6.97. The van der Waals surface area contributed by atoms with E-state index < -0.39 is 0 Å². The van der Waals surface area contributed by atoms with Gasteiger partial charge in [-0.15, -0.1) is 0 Å². The first kappa shape index (κ1) is 13.4. The SMILES string of the molecule is COCCC1CSC(=NCc2cnn(C)c2C)N1. The Morgan fingerprint density at radius 1 is 1.67 bits per heavy atom. The summed E-state index contributed by atoms with van der Waals surface area (Å²) in [5.41, 5.74) is 2.37. The minimum atomic E-state index is 0.490. The Bertz CT molecular complexity index is 430. The Morgan fingerprint density at radius 3 is 3.17 bits per heavy atom. The highest BCUT2D eigenvalue weighted by atomic mass is 32.2. The number of hydrogen-bond acceptors (Lipinski definition) is 4. The average molecular weight is 268 g/mol. The van der Waals surface area contributed by atoms with Gasteiger partial charge in [-0.25, -0.2) is 0 Å². The van der Waals surface area contributed by atoms with Gasteiger partial charge in [-0.1, -0.05) is 11.8 Å². The third kappa shape index (κ3) is 3.26. The van der Waals surface area contributed by atoms with Crippen LogP contribution in [0.15, 0.2) is 11.2 Å². The molecule has 0 spiro atoms. The number of methoxy groups -OCH3 is 1. The smallest absolute Gasteiger partial charge is 0.157 e. The fourth-order valence-corrected chi connectivity index (χ4v) is 2.82. The maximum Gasteiger partial charge on any atom is 0.157 e. The Labute approximate surface area is 112 Å². The Balaban J connectivity index is 1.86. The summed E-state index contributed by atoms with van der Waals surface area (Å²) in [6.07, 6.45) is 2.93. The molecule has 100 valence electrons. The quantitative estimate of drug-likeness (QED) is 0.875. The molecule has 0 aliphatic carbocycles. The number of rotatable bonds is 5. The van der Waals surface area contributed by atoms with E-state index in [4.69, 9.17) is 4.74 Å². The molecule has 1 atom stereocenters. The lowest BCUT2D eigenvalue weighted by Gasteiger charge is -2.08. The Morgan fingerprint density at radius 2 is 2.50 bits per heavy atom.